The molecule has 0 aliphatic carbocycles. The molecule has 1 heterocycles. The molecule has 1 unspecified atom stereocenters. The molecule has 1 aromatic carbocycles. The Balaban J connectivity index is 2.07. The Labute approximate surface area is 127 Å². The van der Waals surface area contributed by atoms with E-state index >= 15 is 0 Å². The van der Waals surface area contributed by atoms with Crippen molar-refractivity contribution < 1.29 is 0 Å². The number of hydrogen-bond donors (Lipinski definition) is 0. The Bertz CT molecular complexity index is 524. The quantitative estimate of drug-likeness (QED) is 0.546. The van der Waals surface area contributed by atoms with E-state index in [9.17, 15) is 0 Å². The largest absolute Gasteiger partial charge is 0.140 e. The Morgan fingerprint density at radius 2 is 1.85 bits per heavy atom. The zero-order chi connectivity index (χ0) is 14.4. The summed E-state index contributed by atoms with van der Waals surface area (Å²) in [6.45, 7) is 6.81. The maximum absolute atomic E-state index is 2.33. The molecular weight excluding hydrogens is 260 g/mol. The van der Waals surface area contributed by atoms with Crippen LogP contribution in [0.4, 0.5) is 0 Å². The second-order valence-corrected chi connectivity index (χ2v) is 6.87. The van der Waals surface area contributed by atoms with Crippen LogP contribution in [0.1, 0.15) is 50.0 Å². The van der Waals surface area contributed by atoms with E-state index in [0.29, 0.717) is 0 Å². The highest BCUT2D eigenvalue weighted by atomic mass is 32.1. The molecule has 0 saturated carbocycles. The van der Waals surface area contributed by atoms with Gasteiger partial charge in [-0.1, -0.05) is 63.8 Å². The molecule has 0 aliphatic heterocycles. The molecule has 0 saturated heterocycles. The number of aryl methyl sites for hydroxylation is 1. The number of unbranched alkanes of at least 4 members (excludes halogenated alkanes) is 1. The Morgan fingerprint density at radius 3 is 2.55 bits per heavy atom. The summed E-state index contributed by atoms with van der Waals surface area (Å²) < 4.78 is 0. The SMILES string of the molecule is CCCCC(CC)Cc1ccc(-c2ccccc2C)s1. The van der Waals surface area contributed by atoms with Gasteiger partial charge in [0.2, 0.25) is 0 Å². The van der Waals surface area contributed by atoms with Crippen molar-refractivity contribution in [2.24, 2.45) is 5.92 Å². The van der Waals surface area contributed by atoms with Crippen molar-refractivity contribution in [3.05, 3.63) is 46.8 Å². The summed E-state index contributed by atoms with van der Waals surface area (Å²) in [4.78, 5) is 2.97. The van der Waals surface area contributed by atoms with Gasteiger partial charge in [0.1, 0.15) is 0 Å². The first-order valence-electron chi connectivity index (χ1n) is 7.89. The number of rotatable bonds is 7. The van der Waals surface area contributed by atoms with Crippen molar-refractivity contribution in [3.8, 4) is 10.4 Å². The van der Waals surface area contributed by atoms with Gasteiger partial charge in [0.15, 0.2) is 0 Å². The van der Waals surface area contributed by atoms with E-state index in [1.165, 1.54) is 48.1 Å². The van der Waals surface area contributed by atoms with Crippen LogP contribution in [0.5, 0.6) is 0 Å². The van der Waals surface area contributed by atoms with Crippen LogP contribution in [0.25, 0.3) is 10.4 Å². The van der Waals surface area contributed by atoms with E-state index in [2.05, 4.69) is 57.2 Å². The summed E-state index contributed by atoms with van der Waals surface area (Å²) in [5, 5.41) is 0. The first-order valence-corrected chi connectivity index (χ1v) is 8.71. The van der Waals surface area contributed by atoms with Gasteiger partial charge in [-0.15, -0.1) is 11.3 Å². The third-order valence-corrected chi connectivity index (χ3v) is 5.25. The van der Waals surface area contributed by atoms with Gasteiger partial charge >= 0.3 is 0 Å². The van der Waals surface area contributed by atoms with E-state index in [-0.39, 0.29) is 0 Å². The van der Waals surface area contributed by atoms with Crippen LogP contribution in [-0.4, -0.2) is 0 Å². The Morgan fingerprint density at radius 1 is 1.05 bits per heavy atom. The maximum Gasteiger partial charge on any atom is 0.0348 e. The van der Waals surface area contributed by atoms with Crippen molar-refractivity contribution in [2.75, 3.05) is 0 Å². The second kappa shape index (κ2) is 7.64. The van der Waals surface area contributed by atoms with Crippen LogP contribution in [0.15, 0.2) is 36.4 Å². The number of benzene rings is 1. The molecule has 2 rings (SSSR count). The van der Waals surface area contributed by atoms with Crippen molar-refractivity contribution in [3.63, 3.8) is 0 Å². The van der Waals surface area contributed by atoms with Crippen molar-refractivity contribution in [1.29, 1.82) is 0 Å². The highest BCUT2D eigenvalue weighted by Gasteiger charge is 2.10. The third-order valence-electron chi connectivity index (χ3n) is 4.11. The topological polar surface area (TPSA) is 0 Å². The van der Waals surface area contributed by atoms with E-state index < -0.39 is 0 Å². The standard InChI is InChI=1S/C19H26S/c1-4-6-10-16(5-2)14-17-12-13-19(20-17)18-11-8-7-9-15(18)3/h7-9,11-13,16H,4-6,10,14H2,1-3H3. The van der Waals surface area contributed by atoms with E-state index in [1.54, 1.807) is 4.88 Å². The zero-order valence-corrected chi connectivity index (χ0v) is 13.8. The highest BCUT2D eigenvalue weighted by molar-refractivity contribution is 7.15. The van der Waals surface area contributed by atoms with Gasteiger partial charge in [-0.25, -0.2) is 0 Å². The lowest BCUT2D eigenvalue weighted by Gasteiger charge is -2.12. The Kier molecular flexibility index (Phi) is 5.85. The monoisotopic (exact) mass is 286 g/mol. The van der Waals surface area contributed by atoms with Gasteiger partial charge in [-0.05, 0) is 42.5 Å². The van der Waals surface area contributed by atoms with E-state index in [1.807, 2.05) is 11.3 Å². The van der Waals surface area contributed by atoms with Gasteiger partial charge < -0.3 is 0 Å². The fraction of sp³-hybridized carbons (Fsp3) is 0.474. The molecule has 0 radical (unpaired) electrons. The summed E-state index contributed by atoms with van der Waals surface area (Å²) >= 11 is 1.98. The minimum Gasteiger partial charge on any atom is -0.140 e. The molecule has 0 nitrogen and oxygen atoms in total. The van der Waals surface area contributed by atoms with Gasteiger partial charge in [0, 0.05) is 9.75 Å². The number of hydrogen-bond acceptors (Lipinski definition) is 1. The first kappa shape index (κ1) is 15.3. The lowest BCUT2D eigenvalue weighted by molar-refractivity contribution is 0.452. The number of thiophene rings is 1. The summed E-state index contributed by atoms with van der Waals surface area (Å²) in [6.07, 6.45) is 6.62. The zero-order valence-electron chi connectivity index (χ0n) is 13.0. The molecule has 1 aromatic heterocycles. The van der Waals surface area contributed by atoms with Gasteiger partial charge in [-0.2, -0.15) is 0 Å². The maximum atomic E-state index is 2.33. The third kappa shape index (κ3) is 3.96. The van der Waals surface area contributed by atoms with Gasteiger partial charge in [0.05, 0.1) is 0 Å². The molecule has 2 aromatic rings. The minimum absolute atomic E-state index is 0.860. The summed E-state index contributed by atoms with van der Waals surface area (Å²) in [7, 11) is 0. The average Bonchev–Trinajstić information content (AvgIpc) is 2.92. The lowest BCUT2D eigenvalue weighted by Crippen LogP contribution is -2.01. The van der Waals surface area contributed by atoms with Crippen LogP contribution in [0.3, 0.4) is 0 Å². The summed E-state index contributed by atoms with van der Waals surface area (Å²) in [6, 6.07) is 13.3. The molecule has 0 fully saturated rings. The highest BCUT2D eigenvalue weighted by Crippen LogP contribution is 2.32. The molecule has 0 N–H and O–H groups in total. The van der Waals surface area contributed by atoms with E-state index in [4.69, 9.17) is 0 Å². The molecule has 0 amide bonds. The minimum atomic E-state index is 0.860. The predicted octanol–water partition coefficient (Wildman–Crippen LogP) is 6.48. The predicted molar refractivity (Wildman–Crippen MR) is 91.5 cm³/mol. The fourth-order valence-corrected chi connectivity index (χ4v) is 3.92. The van der Waals surface area contributed by atoms with Crippen LogP contribution >= 0.6 is 11.3 Å². The fourth-order valence-electron chi connectivity index (χ4n) is 2.71. The van der Waals surface area contributed by atoms with Crippen molar-refractivity contribution in [1.82, 2.24) is 0 Å². The summed E-state index contributed by atoms with van der Waals surface area (Å²) in [5.41, 5.74) is 2.77. The Hall–Kier alpha value is -1.08. The average molecular weight is 286 g/mol. The molecule has 1 atom stereocenters. The van der Waals surface area contributed by atoms with Gasteiger partial charge in [-0.3, -0.25) is 0 Å². The van der Waals surface area contributed by atoms with Gasteiger partial charge in [0.25, 0.3) is 0 Å². The van der Waals surface area contributed by atoms with Crippen molar-refractivity contribution >= 4 is 11.3 Å². The van der Waals surface area contributed by atoms with E-state index in [0.717, 1.165) is 5.92 Å². The normalized spacial score (nSPS) is 12.6. The van der Waals surface area contributed by atoms with Crippen molar-refractivity contribution in [2.45, 2.75) is 52.9 Å². The summed E-state index contributed by atoms with van der Waals surface area (Å²) in [5.74, 6) is 0.860. The smallest absolute Gasteiger partial charge is 0.0348 e. The van der Waals surface area contributed by atoms with Crippen LogP contribution in [0.2, 0.25) is 0 Å². The molecular formula is C19H26S. The molecule has 0 bridgehead atoms. The first-order chi connectivity index (χ1) is 9.74. The van der Waals surface area contributed by atoms with Crippen LogP contribution in [0, 0.1) is 12.8 Å². The van der Waals surface area contributed by atoms with Crippen LogP contribution < -0.4 is 0 Å². The molecule has 0 spiro atoms. The molecule has 0 aliphatic rings. The molecule has 108 valence electrons. The lowest BCUT2D eigenvalue weighted by atomic mass is 9.95. The molecule has 20 heavy (non-hydrogen) atoms. The van der Waals surface area contributed by atoms with Crippen LogP contribution in [-0.2, 0) is 6.42 Å². The second-order valence-electron chi connectivity index (χ2n) is 5.70. The molecule has 1 heteroatoms.